The zero-order valence-corrected chi connectivity index (χ0v) is 8.13. The number of hydrogen-bond acceptors (Lipinski definition) is 2. The van der Waals surface area contributed by atoms with E-state index in [4.69, 9.17) is 11.5 Å². The van der Waals surface area contributed by atoms with Crippen LogP contribution in [0.5, 0.6) is 0 Å². The first-order chi connectivity index (χ1) is 5.46. The number of rotatable bonds is 3. The van der Waals surface area contributed by atoms with Crippen LogP contribution in [0.3, 0.4) is 0 Å². The van der Waals surface area contributed by atoms with Crippen LogP contribution >= 0.6 is 0 Å². The number of primary amides is 2. The van der Waals surface area contributed by atoms with Gasteiger partial charge in [0.15, 0.2) is 0 Å². The molecule has 12 heavy (non-hydrogen) atoms. The first-order valence-electron chi connectivity index (χ1n) is 4.05. The molecule has 0 saturated carbocycles. The van der Waals surface area contributed by atoms with Gasteiger partial charge in [-0.3, -0.25) is 9.59 Å². The molecule has 72 valence electrons. The first kappa shape index (κ1) is 13.5. The Morgan fingerprint density at radius 2 is 1.08 bits per heavy atom. The van der Waals surface area contributed by atoms with Crippen LogP contribution in [0.2, 0.25) is 0 Å². The van der Waals surface area contributed by atoms with Crippen molar-refractivity contribution in [3.05, 3.63) is 0 Å². The molecule has 2 atom stereocenters. The summed E-state index contributed by atoms with van der Waals surface area (Å²) in [6, 6.07) is 0. The molecule has 4 nitrogen and oxygen atoms in total. The van der Waals surface area contributed by atoms with E-state index >= 15 is 0 Å². The molecule has 0 unspecified atom stereocenters. The van der Waals surface area contributed by atoms with Crippen LogP contribution in [0.25, 0.3) is 0 Å². The van der Waals surface area contributed by atoms with E-state index in [9.17, 15) is 9.59 Å². The van der Waals surface area contributed by atoms with Gasteiger partial charge in [-0.1, -0.05) is 27.7 Å². The fourth-order valence-corrected chi connectivity index (χ4v) is 0.493. The predicted octanol–water partition coefficient (Wildman–Crippen LogP) is 0.255. The second-order valence-corrected chi connectivity index (χ2v) is 2.38. The smallest absolute Gasteiger partial charge is 0.221 e. The zero-order chi connectivity index (χ0) is 10.3. The molecule has 0 fully saturated rings. The Labute approximate surface area is 73.3 Å². The summed E-state index contributed by atoms with van der Waals surface area (Å²) in [5.41, 5.74) is 9.86. The van der Waals surface area contributed by atoms with Crippen molar-refractivity contribution in [3.8, 4) is 0 Å². The minimum absolute atomic E-state index is 0.475. The summed E-state index contributed by atoms with van der Waals surface area (Å²) in [5, 5.41) is 0. The lowest BCUT2D eigenvalue weighted by molar-refractivity contribution is -0.130. The minimum Gasteiger partial charge on any atom is -0.369 e. The molecule has 0 aromatic carbocycles. The summed E-state index contributed by atoms with van der Waals surface area (Å²) >= 11 is 0. The topological polar surface area (TPSA) is 86.2 Å². The molecular weight excluding hydrogens is 156 g/mol. The highest BCUT2D eigenvalue weighted by atomic mass is 16.2. The van der Waals surface area contributed by atoms with Gasteiger partial charge in [0.1, 0.15) is 0 Å². The number of amides is 2. The maximum Gasteiger partial charge on any atom is 0.221 e. The van der Waals surface area contributed by atoms with Crippen molar-refractivity contribution in [3.63, 3.8) is 0 Å². The van der Waals surface area contributed by atoms with E-state index in [0.29, 0.717) is 0 Å². The summed E-state index contributed by atoms with van der Waals surface area (Å²) in [5.74, 6) is -1.94. The third-order valence-electron chi connectivity index (χ3n) is 1.65. The molecule has 0 heterocycles. The van der Waals surface area contributed by atoms with Crippen LogP contribution < -0.4 is 11.5 Å². The summed E-state index contributed by atoms with van der Waals surface area (Å²) in [6.07, 6.45) is 0. The Hall–Kier alpha value is -1.06. The van der Waals surface area contributed by atoms with Gasteiger partial charge in [-0.25, -0.2) is 0 Å². The van der Waals surface area contributed by atoms with Gasteiger partial charge >= 0.3 is 0 Å². The zero-order valence-electron chi connectivity index (χ0n) is 8.13. The Morgan fingerprint density at radius 1 is 0.917 bits per heavy atom. The van der Waals surface area contributed by atoms with Gasteiger partial charge in [0.2, 0.25) is 11.8 Å². The van der Waals surface area contributed by atoms with Crippen molar-refractivity contribution >= 4 is 11.8 Å². The summed E-state index contributed by atoms with van der Waals surface area (Å²) in [7, 11) is 0. The number of nitrogens with two attached hydrogens (primary N) is 2. The second-order valence-electron chi connectivity index (χ2n) is 2.38. The molecule has 4 heteroatoms. The fraction of sp³-hybridized carbons (Fsp3) is 0.750. The second kappa shape index (κ2) is 6.64. The number of hydrogen-bond donors (Lipinski definition) is 2. The number of carbonyl (C=O) groups excluding carboxylic acids is 2. The average Bonchev–Trinajstić information content (AvgIpc) is 2.05. The summed E-state index contributed by atoms with van der Waals surface area (Å²) in [6.45, 7) is 7.16. The SMILES string of the molecule is CC.C[C@H](C(N)=O)[C@@H](C)C(N)=O. The molecule has 4 N–H and O–H groups in total. The van der Waals surface area contributed by atoms with Crippen molar-refractivity contribution in [2.75, 3.05) is 0 Å². The summed E-state index contributed by atoms with van der Waals surface area (Å²) in [4.78, 5) is 20.9. The van der Waals surface area contributed by atoms with Crippen molar-refractivity contribution in [1.29, 1.82) is 0 Å². The van der Waals surface area contributed by atoms with E-state index in [-0.39, 0.29) is 0 Å². The third kappa shape index (κ3) is 4.71. The molecule has 0 aliphatic carbocycles. The standard InChI is InChI=1S/C6H12N2O2.C2H6/c1-3(5(7)9)4(2)6(8)10;1-2/h3-4H,1-2H3,(H2,7,9)(H2,8,10);1-2H3/t3-,4+;. The first-order valence-corrected chi connectivity index (χ1v) is 4.05. The Kier molecular flexibility index (Phi) is 7.48. The molecule has 0 bridgehead atoms. The van der Waals surface area contributed by atoms with E-state index in [1.54, 1.807) is 13.8 Å². The highest BCUT2D eigenvalue weighted by molar-refractivity contribution is 5.85. The van der Waals surface area contributed by atoms with E-state index in [2.05, 4.69) is 0 Å². The van der Waals surface area contributed by atoms with E-state index < -0.39 is 23.7 Å². The van der Waals surface area contributed by atoms with Gasteiger partial charge in [-0.05, 0) is 0 Å². The molecule has 0 aliphatic heterocycles. The highest BCUT2D eigenvalue weighted by Crippen LogP contribution is 2.08. The van der Waals surface area contributed by atoms with Crippen LogP contribution in [-0.4, -0.2) is 11.8 Å². The van der Waals surface area contributed by atoms with Crippen molar-refractivity contribution in [2.45, 2.75) is 27.7 Å². The van der Waals surface area contributed by atoms with Gasteiger partial charge in [0.25, 0.3) is 0 Å². The van der Waals surface area contributed by atoms with Gasteiger partial charge in [-0.15, -0.1) is 0 Å². The van der Waals surface area contributed by atoms with Crippen LogP contribution in [0.15, 0.2) is 0 Å². The van der Waals surface area contributed by atoms with Gasteiger partial charge in [0.05, 0.1) is 0 Å². The lowest BCUT2D eigenvalue weighted by Crippen LogP contribution is -2.34. The van der Waals surface area contributed by atoms with E-state index in [0.717, 1.165) is 0 Å². The van der Waals surface area contributed by atoms with Crippen LogP contribution in [0.4, 0.5) is 0 Å². The lowest BCUT2D eigenvalue weighted by Gasteiger charge is -2.11. The van der Waals surface area contributed by atoms with Gasteiger partial charge in [-0.2, -0.15) is 0 Å². The molecular formula is C8H18N2O2. The molecule has 0 aliphatic rings. The Bertz CT molecular complexity index is 139. The Morgan fingerprint density at radius 3 is 1.17 bits per heavy atom. The summed E-state index contributed by atoms with van der Waals surface area (Å²) < 4.78 is 0. The number of carbonyl (C=O) groups is 2. The quantitative estimate of drug-likeness (QED) is 0.642. The van der Waals surface area contributed by atoms with Gasteiger partial charge < -0.3 is 11.5 Å². The molecule has 0 rings (SSSR count). The van der Waals surface area contributed by atoms with Crippen LogP contribution in [0.1, 0.15) is 27.7 Å². The van der Waals surface area contributed by atoms with Crippen molar-refractivity contribution < 1.29 is 9.59 Å². The monoisotopic (exact) mass is 174 g/mol. The fourth-order valence-electron chi connectivity index (χ4n) is 0.493. The van der Waals surface area contributed by atoms with Crippen molar-refractivity contribution in [2.24, 2.45) is 23.3 Å². The van der Waals surface area contributed by atoms with Crippen LogP contribution in [0, 0.1) is 11.8 Å². The van der Waals surface area contributed by atoms with E-state index in [1.165, 1.54) is 0 Å². The molecule has 0 aromatic heterocycles. The molecule has 0 spiro atoms. The highest BCUT2D eigenvalue weighted by Gasteiger charge is 2.21. The Balaban J connectivity index is 0. The molecule has 0 saturated heterocycles. The third-order valence-corrected chi connectivity index (χ3v) is 1.65. The van der Waals surface area contributed by atoms with Crippen molar-refractivity contribution in [1.82, 2.24) is 0 Å². The maximum atomic E-state index is 10.5. The van der Waals surface area contributed by atoms with Gasteiger partial charge in [0, 0.05) is 11.8 Å². The molecule has 0 aromatic rings. The normalized spacial score (nSPS) is 13.7. The maximum absolute atomic E-state index is 10.5. The largest absolute Gasteiger partial charge is 0.369 e. The lowest BCUT2D eigenvalue weighted by atomic mass is 9.95. The average molecular weight is 174 g/mol. The molecule has 2 amide bonds. The predicted molar refractivity (Wildman–Crippen MR) is 48.1 cm³/mol. The van der Waals surface area contributed by atoms with Crippen LogP contribution in [-0.2, 0) is 9.59 Å². The minimum atomic E-state index is -0.494. The molecule has 0 radical (unpaired) electrons. The van der Waals surface area contributed by atoms with E-state index in [1.807, 2.05) is 13.8 Å².